The number of hydrogen-bond acceptors (Lipinski definition) is 4. The maximum Gasteiger partial charge on any atom is 0.144 e. The topological polar surface area (TPSA) is 45.1 Å². The zero-order valence-electron chi connectivity index (χ0n) is 11.2. The average molecular weight is 262 g/mol. The first-order chi connectivity index (χ1) is 9.34. The minimum absolute atomic E-state index is 0.250. The second-order valence-electron chi connectivity index (χ2n) is 4.96. The van der Waals surface area contributed by atoms with Gasteiger partial charge >= 0.3 is 0 Å². The van der Waals surface area contributed by atoms with Crippen LogP contribution in [0.4, 0.5) is 0 Å². The first kappa shape index (κ1) is 14.0. The molecule has 1 N–H and O–H groups in total. The van der Waals surface area contributed by atoms with Crippen molar-refractivity contribution in [3.05, 3.63) is 35.9 Å². The number of hydrogen-bond donors (Lipinski definition) is 1. The van der Waals surface area contributed by atoms with Crippen molar-refractivity contribution in [2.75, 3.05) is 26.2 Å². The van der Waals surface area contributed by atoms with Crippen LogP contribution in [0.2, 0.25) is 0 Å². The number of rotatable bonds is 6. The summed E-state index contributed by atoms with van der Waals surface area (Å²) >= 11 is 0. The fraction of sp³-hybridized carbons (Fsp3) is 0.533. The maximum absolute atomic E-state index is 9.86. The monoisotopic (exact) mass is 262 g/mol. The Labute approximate surface area is 114 Å². The van der Waals surface area contributed by atoms with E-state index in [0.29, 0.717) is 6.54 Å². The molecule has 4 nitrogen and oxygen atoms in total. The van der Waals surface area contributed by atoms with Crippen LogP contribution in [-0.4, -0.2) is 48.6 Å². The molecule has 0 bridgehead atoms. The van der Waals surface area contributed by atoms with Gasteiger partial charge in [-0.3, -0.25) is 0 Å². The molecule has 0 spiro atoms. The first-order valence-electron chi connectivity index (χ1n) is 6.95. The van der Waals surface area contributed by atoms with Gasteiger partial charge in [-0.2, -0.15) is 0 Å². The van der Waals surface area contributed by atoms with E-state index in [9.17, 15) is 5.11 Å². The van der Waals surface area contributed by atoms with Crippen molar-refractivity contribution in [1.29, 1.82) is 0 Å². The molecule has 4 heteroatoms. The summed E-state index contributed by atoms with van der Waals surface area (Å²) in [6.45, 7) is 3.11. The molecule has 0 radical (unpaired) electrons. The number of benzene rings is 1. The number of β-amino-alcohol motifs (C(OH)–C–C–N with tert-alkyl or cyclic N) is 1. The fourth-order valence-corrected chi connectivity index (χ4v) is 2.26. The summed E-state index contributed by atoms with van der Waals surface area (Å²) in [6, 6.07) is 9.77. The van der Waals surface area contributed by atoms with Crippen LogP contribution in [0.25, 0.3) is 0 Å². The van der Waals surface area contributed by atoms with Crippen LogP contribution in [0.5, 0.6) is 0 Å². The quantitative estimate of drug-likeness (QED) is 0.629. The van der Waals surface area contributed by atoms with E-state index in [0.717, 1.165) is 18.7 Å². The summed E-state index contributed by atoms with van der Waals surface area (Å²) < 4.78 is 0. The van der Waals surface area contributed by atoms with Crippen LogP contribution in [0.3, 0.4) is 0 Å². The molecular weight excluding hydrogens is 240 g/mol. The second-order valence-corrected chi connectivity index (χ2v) is 4.96. The van der Waals surface area contributed by atoms with Crippen LogP contribution in [-0.2, 0) is 4.84 Å². The van der Waals surface area contributed by atoms with E-state index in [1.807, 2.05) is 30.3 Å². The van der Waals surface area contributed by atoms with E-state index >= 15 is 0 Å². The van der Waals surface area contributed by atoms with Crippen molar-refractivity contribution >= 4 is 6.21 Å². The summed E-state index contributed by atoms with van der Waals surface area (Å²) in [5.74, 6) is 0. The van der Waals surface area contributed by atoms with Crippen molar-refractivity contribution in [3.63, 3.8) is 0 Å². The molecule has 1 unspecified atom stereocenters. The number of aliphatic hydroxyl groups is 1. The molecular formula is C15H22N2O2. The molecule has 1 atom stereocenters. The lowest BCUT2D eigenvalue weighted by atomic mass is 10.1. The van der Waals surface area contributed by atoms with Gasteiger partial charge in [-0.1, -0.05) is 41.9 Å². The number of likely N-dealkylation sites (tertiary alicyclic amines) is 1. The minimum Gasteiger partial charge on any atom is -0.393 e. The third kappa shape index (κ3) is 5.41. The zero-order chi connectivity index (χ0) is 13.3. The van der Waals surface area contributed by atoms with Crippen LogP contribution >= 0.6 is 0 Å². The largest absolute Gasteiger partial charge is 0.393 e. The van der Waals surface area contributed by atoms with Crippen molar-refractivity contribution in [2.45, 2.75) is 25.4 Å². The molecule has 104 valence electrons. The SMILES string of the molecule is OC(CON=Cc1ccccc1)CN1CCCCC1. The predicted octanol–water partition coefficient (Wildman–Crippen LogP) is 1.88. The lowest BCUT2D eigenvalue weighted by Crippen LogP contribution is -2.37. The molecule has 1 fully saturated rings. The smallest absolute Gasteiger partial charge is 0.144 e. The Hall–Kier alpha value is -1.39. The molecule has 1 aromatic carbocycles. The normalized spacial score (nSPS) is 18.6. The van der Waals surface area contributed by atoms with E-state index in [2.05, 4.69) is 10.1 Å². The fourth-order valence-electron chi connectivity index (χ4n) is 2.26. The van der Waals surface area contributed by atoms with Gasteiger partial charge in [0.15, 0.2) is 0 Å². The lowest BCUT2D eigenvalue weighted by molar-refractivity contribution is 0.0163. The van der Waals surface area contributed by atoms with Gasteiger partial charge < -0.3 is 14.8 Å². The van der Waals surface area contributed by atoms with E-state index in [1.54, 1.807) is 6.21 Å². The van der Waals surface area contributed by atoms with Gasteiger partial charge in [0.05, 0.1) is 6.21 Å². The highest BCUT2D eigenvalue weighted by molar-refractivity contribution is 5.78. The van der Waals surface area contributed by atoms with E-state index in [4.69, 9.17) is 4.84 Å². The van der Waals surface area contributed by atoms with Crippen LogP contribution in [0, 0.1) is 0 Å². The van der Waals surface area contributed by atoms with Gasteiger partial charge in [-0.25, -0.2) is 0 Å². The van der Waals surface area contributed by atoms with Gasteiger partial charge in [-0.15, -0.1) is 0 Å². The Bertz CT molecular complexity index is 375. The highest BCUT2D eigenvalue weighted by Crippen LogP contribution is 2.08. The number of aliphatic hydroxyl groups excluding tert-OH is 1. The van der Waals surface area contributed by atoms with Gasteiger partial charge in [0.1, 0.15) is 12.7 Å². The number of oxime groups is 1. The molecule has 1 saturated heterocycles. The van der Waals surface area contributed by atoms with Crippen LogP contribution in [0.15, 0.2) is 35.5 Å². The molecule has 1 aliphatic rings. The third-order valence-corrected chi connectivity index (χ3v) is 3.26. The first-order valence-corrected chi connectivity index (χ1v) is 6.95. The summed E-state index contributed by atoms with van der Waals surface area (Å²) in [5.41, 5.74) is 0.994. The molecule has 2 rings (SSSR count). The van der Waals surface area contributed by atoms with E-state index in [-0.39, 0.29) is 6.61 Å². The summed E-state index contributed by atoms with van der Waals surface area (Å²) in [5, 5.41) is 13.7. The Morgan fingerprint density at radius 3 is 2.68 bits per heavy atom. The van der Waals surface area contributed by atoms with Crippen molar-refractivity contribution in [3.8, 4) is 0 Å². The zero-order valence-corrected chi connectivity index (χ0v) is 11.2. The summed E-state index contributed by atoms with van der Waals surface area (Å²) in [6.07, 6.45) is 4.98. The van der Waals surface area contributed by atoms with E-state index < -0.39 is 6.10 Å². The molecule has 0 aromatic heterocycles. The van der Waals surface area contributed by atoms with Crippen molar-refractivity contribution in [1.82, 2.24) is 4.90 Å². The highest BCUT2D eigenvalue weighted by Gasteiger charge is 2.14. The van der Waals surface area contributed by atoms with Gasteiger partial charge in [0.25, 0.3) is 0 Å². The Kier molecular flexibility index (Phi) is 5.85. The Balaban J connectivity index is 1.63. The standard InChI is InChI=1S/C15H22N2O2/c18-15(12-17-9-5-2-6-10-17)13-19-16-11-14-7-3-1-4-8-14/h1,3-4,7-8,11,15,18H,2,5-6,9-10,12-13H2. The predicted molar refractivity (Wildman–Crippen MR) is 76.3 cm³/mol. The lowest BCUT2D eigenvalue weighted by Gasteiger charge is -2.27. The summed E-state index contributed by atoms with van der Waals surface area (Å²) in [4.78, 5) is 7.42. The number of nitrogens with zero attached hydrogens (tertiary/aromatic N) is 2. The van der Waals surface area contributed by atoms with Gasteiger partial charge in [0, 0.05) is 6.54 Å². The number of piperidine rings is 1. The van der Waals surface area contributed by atoms with Crippen LogP contribution < -0.4 is 0 Å². The minimum atomic E-state index is -0.467. The molecule has 1 heterocycles. The van der Waals surface area contributed by atoms with Crippen molar-refractivity contribution in [2.24, 2.45) is 5.16 Å². The molecule has 0 saturated carbocycles. The highest BCUT2D eigenvalue weighted by atomic mass is 16.6. The summed E-state index contributed by atoms with van der Waals surface area (Å²) in [7, 11) is 0. The Morgan fingerprint density at radius 2 is 1.95 bits per heavy atom. The average Bonchev–Trinajstić information content (AvgIpc) is 2.46. The molecule has 19 heavy (non-hydrogen) atoms. The maximum atomic E-state index is 9.86. The van der Waals surface area contributed by atoms with Crippen LogP contribution in [0.1, 0.15) is 24.8 Å². The van der Waals surface area contributed by atoms with Gasteiger partial charge in [0.2, 0.25) is 0 Å². The third-order valence-electron chi connectivity index (χ3n) is 3.26. The second kappa shape index (κ2) is 7.92. The van der Waals surface area contributed by atoms with Crippen molar-refractivity contribution < 1.29 is 9.94 Å². The molecule has 0 aliphatic carbocycles. The molecule has 0 amide bonds. The Morgan fingerprint density at radius 1 is 1.21 bits per heavy atom. The molecule has 1 aromatic rings. The van der Waals surface area contributed by atoms with E-state index in [1.165, 1.54) is 19.3 Å². The molecule has 1 aliphatic heterocycles. The van der Waals surface area contributed by atoms with Gasteiger partial charge in [-0.05, 0) is 31.5 Å².